The van der Waals surface area contributed by atoms with Gasteiger partial charge in [-0.25, -0.2) is 0 Å². The molecule has 2 heterocycles. The highest BCUT2D eigenvalue weighted by molar-refractivity contribution is 9.13. The van der Waals surface area contributed by atoms with Crippen LogP contribution in [0.4, 0.5) is 0 Å². The number of likely N-dealkylation sites (N-methyl/N-ethyl adjacent to an activating group) is 1. The minimum Gasteiger partial charge on any atom is -0.309 e. The summed E-state index contributed by atoms with van der Waals surface area (Å²) >= 11 is 8.85. The normalized spacial score (nSPS) is 12.6. The number of hydrogen-bond acceptors (Lipinski definition) is 3. The topological polar surface area (TPSA) is 24.9 Å². The lowest BCUT2D eigenvalue weighted by Crippen LogP contribution is -2.22. The van der Waals surface area contributed by atoms with Gasteiger partial charge in [-0.05, 0) is 56.6 Å². The van der Waals surface area contributed by atoms with Crippen LogP contribution in [0.1, 0.15) is 23.5 Å². The van der Waals surface area contributed by atoms with E-state index in [1.165, 1.54) is 4.88 Å². The molecule has 18 heavy (non-hydrogen) atoms. The zero-order valence-electron chi connectivity index (χ0n) is 9.99. The summed E-state index contributed by atoms with van der Waals surface area (Å²) in [6.45, 7) is 3.08. The van der Waals surface area contributed by atoms with E-state index in [1.807, 2.05) is 18.3 Å². The quantitative estimate of drug-likeness (QED) is 0.810. The first-order valence-corrected chi connectivity index (χ1v) is 8.19. The molecule has 0 saturated heterocycles. The van der Waals surface area contributed by atoms with Crippen LogP contribution in [0.3, 0.4) is 0 Å². The van der Waals surface area contributed by atoms with Crippen LogP contribution < -0.4 is 5.32 Å². The lowest BCUT2D eigenvalue weighted by molar-refractivity contribution is 0.552. The number of pyridine rings is 1. The van der Waals surface area contributed by atoms with Crippen LogP contribution in [0.25, 0.3) is 0 Å². The summed E-state index contributed by atoms with van der Waals surface area (Å²) < 4.78 is 2.26. The Morgan fingerprint density at radius 1 is 1.39 bits per heavy atom. The van der Waals surface area contributed by atoms with Crippen molar-refractivity contribution in [3.63, 3.8) is 0 Å². The largest absolute Gasteiger partial charge is 0.309 e. The molecule has 2 nitrogen and oxygen atoms in total. The van der Waals surface area contributed by atoms with Crippen LogP contribution in [0.5, 0.6) is 0 Å². The summed E-state index contributed by atoms with van der Waals surface area (Å²) in [7, 11) is 0. The highest BCUT2D eigenvalue weighted by Crippen LogP contribution is 2.36. The van der Waals surface area contributed by atoms with Crippen LogP contribution in [0.15, 0.2) is 38.7 Å². The Kier molecular flexibility index (Phi) is 5.36. The molecule has 0 aromatic carbocycles. The fourth-order valence-electron chi connectivity index (χ4n) is 1.78. The van der Waals surface area contributed by atoms with E-state index in [0.717, 1.165) is 26.9 Å². The SMILES string of the molecule is CCNC(Cc1ccccn1)c1cc(Br)c(Br)s1. The van der Waals surface area contributed by atoms with Gasteiger partial charge < -0.3 is 5.32 Å². The summed E-state index contributed by atoms with van der Waals surface area (Å²) in [6.07, 6.45) is 2.76. The van der Waals surface area contributed by atoms with Crippen molar-refractivity contribution >= 4 is 43.2 Å². The van der Waals surface area contributed by atoms with E-state index in [-0.39, 0.29) is 0 Å². The molecule has 0 aliphatic carbocycles. The lowest BCUT2D eigenvalue weighted by atomic mass is 10.1. The summed E-state index contributed by atoms with van der Waals surface area (Å²) in [5.41, 5.74) is 1.11. The molecule has 0 spiro atoms. The van der Waals surface area contributed by atoms with Gasteiger partial charge in [0.05, 0.1) is 3.79 Å². The molecule has 1 N–H and O–H groups in total. The first-order chi connectivity index (χ1) is 8.70. The van der Waals surface area contributed by atoms with Gasteiger partial charge in [0.25, 0.3) is 0 Å². The van der Waals surface area contributed by atoms with Crippen LogP contribution in [0.2, 0.25) is 0 Å². The summed E-state index contributed by atoms with van der Waals surface area (Å²) in [4.78, 5) is 5.72. The Labute approximate surface area is 128 Å². The number of rotatable bonds is 5. The zero-order valence-corrected chi connectivity index (χ0v) is 14.0. The maximum atomic E-state index is 4.40. The Morgan fingerprint density at radius 2 is 2.22 bits per heavy atom. The molecule has 0 amide bonds. The smallest absolute Gasteiger partial charge is 0.0843 e. The predicted molar refractivity (Wildman–Crippen MR) is 84.1 cm³/mol. The molecule has 1 unspecified atom stereocenters. The van der Waals surface area contributed by atoms with Crippen molar-refractivity contribution in [2.45, 2.75) is 19.4 Å². The predicted octanol–water partition coefficient (Wildman–Crippen LogP) is 4.56. The summed E-state index contributed by atoms with van der Waals surface area (Å²) in [5.74, 6) is 0. The van der Waals surface area contributed by atoms with Crippen LogP contribution in [-0.4, -0.2) is 11.5 Å². The van der Waals surface area contributed by atoms with Gasteiger partial charge in [0.2, 0.25) is 0 Å². The standard InChI is InChI=1S/C13H14Br2N2S/c1-2-16-11(7-9-5-3-4-6-17-9)12-8-10(14)13(15)18-12/h3-6,8,11,16H,2,7H2,1H3. The fraction of sp³-hybridized carbons (Fsp3) is 0.308. The molecule has 0 bridgehead atoms. The maximum Gasteiger partial charge on any atom is 0.0843 e. The molecule has 0 saturated carbocycles. The Morgan fingerprint density at radius 3 is 2.78 bits per heavy atom. The third kappa shape index (κ3) is 3.63. The van der Waals surface area contributed by atoms with Crippen LogP contribution >= 0.6 is 43.2 Å². The molecule has 0 aliphatic rings. The van der Waals surface area contributed by atoms with E-state index in [1.54, 1.807) is 11.3 Å². The van der Waals surface area contributed by atoms with Gasteiger partial charge in [0.1, 0.15) is 0 Å². The minimum absolute atomic E-state index is 0.317. The van der Waals surface area contributed by atoms with Crippen molar-refractivity contribution in [3.8, 4) is 0 Å². The van der Waals surface area contributed by atoms with Crippen LogP contribution in [0, 0.1) is 0 Å². The number of halogens is 2. The second-order valence-corrected chi connectivity index (χ2v) is 7.16. The zero-order chi connectivity index (χ0) is 13.0. The highest BCUT2D eigenvalue weighted by atomic mass is 79.9. The van der Waals surface area contributed by atoms with Crippen molar-refractivity contribution in [1.82, 2.24) is 10.3 Å². The van der Waals surface area contributed by atoms with Gasteiger partial charge in [-0.3, -0.25) is 4.98 Å². The highest BCUT2D eigenvalue weighted by Gasteiger charge is 2.16. The van der Waals surface area contributed by atoms with Gasteiger partial charge in [0.15, 0.2) is 0 Å². The Bertz CT molecular complexity index is 479. The average molecular weight is 390 g/mol. The van der Waals surface area contributed by atoms with Crippen molar-refractivity contribution in [1.29, 1.82) is 0 Å². The third-order valence-corrected chi connectivity index (χ3v) is 5.97. The molecule has 0 fully saturated rings. The molecular formula is C13H14Br2N2S. The van der Waals surface area contributed by atoms with E-state index in [4.69, 9.17) is 0 Å². The first kappa shape index (κ1) is 14.2. The molecule has 0 aliphatic heterocycles. The van der Waals surface area contributed by atoms with Gasteiger partial charge in [0, 0.05) is 33.7 Å². The van der Waals surface area contributed by atoms with Gasteiger partial charge in [-0.2, -0.15) is 0 Å². The molecule has 2 aromatic heterocycles. The molecule has 0 radical (unpaired) electrons. The molecular weight excluding hydrogens is 376 g/mol. The number of nitrogens with zero attached hydrogens (tertiary/aromatic N) is 1. The average Bonchev–Trinajstić information content (AvgIpc) is 2.70. The van der Waals surface area contributed by atoms with Crippen LogP contribution in [-0.2, 0) is 6.42 Å². The minimum atomic E-state index is 0.317. The van der Waals surface area contributed by atoms with E-state index in [0.29, 0.717) is 6.04 Å². The summed E-state index contributed by atoms with van der Waals surface area (Å²) in [5, 5.41) is 3.52. The maximum absolute atomic E-state index is 4.40. The van der Waals surface area contributed by atoms with Crippen molar-refractivity contribution < 1.29 is 0 Å². The van der Waals surface area contributed by atoms with Gasteiger partial charge in [-0.1, -0.05) is 13.0 Å². The number of aromatic nitrogens is 1. The summed E-state index contributed by atoms with van der Waals surface area (Å²) in [6, 6.07) is 8.54. The molecule has 2 rings (SSSR count). The number of nitrogens with one attached hydrogen (secondary N) is 1. The molecule has 96 valence electrons. The van der Waals surface area contributed by atoms with Crippen molar-refractivity contribution in [2.24, 2.45) is 0 Å². The Balaban J connectivity index is 2.18. The second-order valence-electron chi connectivity index (χ2n) is 3.91. The second kappa shape index (κ2) is 6.80. The van der Waals surface area contributed by atoms with E-state index < -0.39 is 0 Å². The Hall–Kier alpha value is -0.230. The van der Waals surface area contributed by atoms with E-state index in [9.17, 15) is 0 Å². The lowest BCUT2D eigenvalue weighted by Gasteiger charge is -2.15. The monoisotopic (exact) mass is 388 g/mol. The number of hydrogen-bond donors (Lipinski definition) is 1. The van der Waals surface area contributed by atoms with E-state index >= 15 is 0 Å². The number of thiophene rings is 1. The fourth-order valence-corrected chi connectivity index (χ4v) is 3.95. The molecule has 1 atom stereocenters. The van der Waals surface area contributed by atoms with Gasteiger partial charge >= 0.3 is 0 Å². The third-order valence-electron chi connectivity index (χ3n) is 2.60. The van der Waals surface area contributed by atoms with Crippen molar-refractivity contribution in [2.75, 3.05) is 6.54 Å². The van der Waals surface area contributed by atoms with Crippen molar-refractivity contribution in [3.05, 3.63) is 49.3 Å². The van der Waals surface area contributed by atoms with E-state index in [2.05, 4.69) is 61.2 Å². The van der Waals surface area contributed by atoms with Gasteiger partial charge in [-0.15, -0.1) is 11.3 Å². The molecule has 2 aromatic rings. The molecule has 5 heteroatoms. The first-order valence-electron chi connectivity index (χ1n) is 5.78.